The maximum atomic E-state index is 10.8. The molecule has 1 heterocycles. The van der Waals surface area contributed by atoms with Crippen molar-refractivity contribution in [1.82, 2.24) is 4.98 Å². The average Bonchev–Trinajstić information content (AvgIpc) is 2.36. The number of rotatable bonds is 7. The highest BCUT2D eigenvalue weighted by Gasteiger charge is 2.11. The summed E-state index contributed by atoms with van der Waals surface area (Å²) < 4.78 is 0. The van der Waals surface area contributed by atoms with Crippen LogP contribution < -0.4 is 10.6 Å². The third-order valence-corrected chi connectivity index (χ3v) is 2.32. The molecule has 18 heavy (non-hydrogen) atoms. The molecule has 100 valence electrons. The molecule has 0 aliphatic rings. The lowest BCUT2D eigenvalue weighted by Crippen LogP contribution is -2.15. The number of nitrogens with one attached hydrogen (secondary N) is 2. The maximum absolute atomic E-state index is 10.8. The average molecular weight is 254 g/mol. The lowest BCUT2D eigenvalue weighted by atomic mass is 10.2. The summed E-state index contributed by atoms with van der Waals surface area (Å²) in [6, 6.07) is 2.77. The first-order valence-corrected chi connectivity index (χ1v) is 5.81. The summed E-state index contributed by atoms with van der Waals surface area (Å²) in [5.74, 6) is 0.958. The zero-order valence-corrected chi connectivity index (χ0v) is 10.5. The highest BCUT2D eigenvalue weighted by Crippen LogP contribution is 2.20. The highest BCUT2D eigenvalue weighted by molar-refractivity contribution is 5.54. The van der Waals surface area contributed by atoms with Crippen LogP contribution in [-0.2, 0) is 0 Å². The number of hydrogen-bond acceptors (Lipinski definition) is 6. The summed E-state index contributed by atoms with van der Waals surface area (Å²) in [5, 5.41) is 25.6. The van der Waals surface area contributed by atoms with Gasteiger partial charge in [0.1, 0.15) is 11.6 Å². The van der Waals surface area contributed by atoms with Gasteiger partial charge >= 0.3 is 0 Å². The fourth-order valence-electron chi connectivity index (χ4n) is 1.33. The normalized spacial score (nSPS) is 11.9. The van der Waals surface area contributed by atoms with E-state index in [1.54, 1.807) is 0 Å². The van der Waals surface area contributed by atoms with Crippen LogP contribution in [0.2, 0.25) is 0 Å². The van der Waals surface area contributed by atoms with E-state index in [4.69, 9.17) is 5.11 Å². The monoisotopic (exact) mass is 254 g/mol. The number of aliphatic hydroxyl groups is 1. The van der Waals surface area contributed by atoms with E-state index in [2.05, 4.69) is 15.6 Å². The molecule has 7 nitrogen and oxygen atoms in total. The molecule has 0 aliphatic heterocycles. The Labute approximate surface area is 105 Å². The van der Waals surface area contributed by atoms with E-state index in [-0.39, 0.29) is 18.2 Å². The first-order chi connectivity index (χ1) is 8.56. The van der Waals surface area contributed by atoms with Crippen LogP contribution in [0.1, 0.15) is 13.8 Å². The number of nitro groups is 1. The summed E-state index contributed by atoms with van der Waals surface area (Å²) in [4.78, 5) is 14.5. The van der Waals surface area contributed by atoms with Crippen molar-refractivity contribution >= 4 is 17.3 Å². The van der Waals surface area contributed by atoms with Crippen LogP contribution in [0.4, 0.5) is 17.3 Å². The van der Waals surface area contributed by atoms with Gasteiger partial charge in [0.2, 0.25) is 0 Å². The highest BCUT2D eigenvalue weighted by atomic mass is 16.6. The number of nitrogens with zero attached hydrogens (tertiary/aromatic N) is 2. The maximum Gasteiger partial charge on any atom is 0.276 e. The van der Waals surface area contributed by atoms with Gasteiger partial charge in [0.15, 0.2) is 0 Å². The smallest absolute Gasteiger partial charge is 0.276 e. The first-order valence-electron chi connectivity index (χ1n) is 5.81. The van der Waals surface area contributed by atoms with Gasteiger partial charge in [-0.2, -0.15) is 0 Å². The van der Waals surface area contributed by atoms with E-state index in [9.17, 15) is 10.1 Å². The third kappa shape index (κ3) is 4.17. The first kappa shape index (κ1) is 14.2. The van der Waals surface area contributed by atoms with E-state index in [0.29, 0.717) is 24.7 Å². The van der Waals surface area contributed by atoms with Crippen molar-refractivity contribution in [2.75, 3.05) is 30.3 Å². The lowest BCUT2D eigenvalue weighted by molar-refractivity contribution is -0.384. The van der Waals surface area contributed by atoms with Gasteiger partial charge in [-0.3, -0.25) is 10.1 Å². The van der Waals surface area contributed by atoms with Gasteiger partial charge in [0.25, 0.3) is 5.69 Å². The predicted octanol–water partition coefficient (Wildman–Crippen LogP) is 1.46. The molecule has 1 aromatic rings. The van der Waals surface area contributed by atoms with Crippen molar-refractivity contribution in [3.63, 3.8) is 0 Å². The zero-order valence-electron chi connectivity index (χ0n) is 10.5. The van der Waals surface area contributed by atoms with E-state index in [1.807, 2.05) is 13.8 Å². The SMILES string of the molecule is CCNc1cc([N+](=O)[O-])cc(NCC(C)CO)n1. The fraction of sp³-hybridized carbons (Fsp3) is 0.545. The van der Waals surface area contributed by atoms with Gasteiger partial charge < -0.3 is 15.7 Å². The van der Waals surface area contributed by atoms with E-state index in [0.717, 1.165) is 0 Å². The summed E-state index contributed by atoms with van der Waals surface area (Å²) in [6.45, 7) is 4.97. The van der Waals surface area contributed by atoms with Crippen LogP contribution in [0.15, 0.2) is 12.1 Å². The summed E-state index contributed by atoms with van der Waals surface area (Å²) >= 11 is 0. The van der Waals surface area contributed by atoms with E-state index < -0.39 is 4.92 Å². The third-order valence-electron chi connectivity index (χ3n) is 2.32. The molecule has 0 spiro atoms. The van der Waals surface area contributed by atoms with Crippen LogP contribution in [0.25, 0.3) is 0 Å². The van der Waals surface area contributed by atoms with Crippen LogP contribution in [0, 0.1) is 16.0 Å². The minimum atomic E-state index is -0.455. The molecule has 0 bridgehead atoms. The van der Waals surface area contributed by atoms with Crippen LogP contribution in [0.3, 0.4) is 0 Å². The van der Waals surface area contributed by atoms with Crippen molar-refractivity contribution in [3.05, 3.63) is 22.2 Å². The Kier molecular flexibility index (Phi) is 5.31. The molecule has 0 aromatic carbocycles. The van der Waals surface area contributed by atoms with E-state index >= 15 is 0 Å². The molecule has 0 saturated heterocycles. The van der Waals surface area contributed by atoms with Crippen molar-refractivity contribution < 1.29 is 10.0 Å². The topological polar surface area (TPSA) is 100 Å². The second kappa shape index (κ2) is 6.75. The number of anilines is 2. The molecule has 0 aliphatic carbocycles. The Morgan fingerprint density at radius 1 is 1.44 bits per heavy atom. The molecule has 1 unspecified atom stereocenters. The summed E-state index contributed by atoms with van der Waals surface area (Å²) in [7, 11) is 0. The molecule has 0 saturated carbocycles. The van der Waals surface area contributed by atoms with Gasteiger partial charge in [0.05, 0.1) is 17.1 Å². The van der Waals surface area contributed by atoms with Crippen LogP contribution >= 0.6 is 0 Å². The number of pyridine rings is 1. The summed E-state index contributed by atoms with van der Waals surface area (Å²) in [5.41, 5.74) is -0.0138. The van der Waals surface area contributed by atoms with Crippen molar-refractivity contribution in [3.8, 4) is 0 Å². The second-order valence-corrected chi connectivity index (χ2v) is 4.05. The zero-order chi connectivity index (χ0) is 13.5. The molecule has 0 amide bonds. The van der Waals surface area contributed by atoms with Gasteiger partial charge in [0, 0.05) is 19.7 Å². The van der Waals surface area contributed by atoms with Gasteiger partial charge in [-0.1, -0.05) is 6.92 Å². The van der Waals surface area contributed by atoms with Gasteiger partial charge in [-0.15, -0.1) is 0 Å². The number of hydrogen-bond donors (Lipinski definition) is 3. The van der Waals surface area contributed by atoms with Crippen molar-refractivity contribution in [2.45, 2.75) is 13.8 Å². The Morgan fingerprint density at radius 3 is 2.56 bits per heavy atom. The quantitative estimate of drug-likeness (QED) is 0.503. The Bertz CT molecular complexity index is 411. The molecular formula is C11H18N4O3. The molecule has 0 fully saturated rings. The minimum Gasteiger partial charge on any atom is -0.396 e. The largest absolute Gasteiger partial charge is 0.396 e. The van der Waals surface area contributed by atoms with Gasteiger partial charge in [-0.05, 0) is 12.8 Å². The Balaban J connectivity index is 2.85. The number of aliphatic hydroxyl groups excluding tert-OH is 1. The Hall–Kier alpha value is -1.89. The Morgan fingerprint density at radius 2 is 2.06 bits per heavy atom. The van der Waals surface area contributed by atoms with Crippen LogP contribution in [-0.4, -0.2) is 34.7 Å². The second-order valence-electron chi connectivity index (χ2n) is 4.05. The number of aromatic nitrogens is 1. The lowest BCUT2D eigenvalue weighted by Gasteiger charge is -2.11. The molecule has 1 aromatic heterocycles. The van der Waals surface area contributed by atoms with Crippen LogP contribution in [0.5, 0.6) is 0 Å². The molecule has 3 N–H and O–H groups in total. The fourth-order valence-corrected chi connectivity index (χ4v) is 1.33. The summed E-state index contributed by atoms with van der Waals surface area (Å²) in [6.07, 6.45) is 0. The molecule has 1 atom stereocenters. The van der Waals surface area contributed by atoms with Crippen molar-refractivity contribution in [2.24, 2.45) is 5.92 Å². The molecule has 0 radical (unpaired) electrons. The molecule has 7 heteroatoms. The predicted molar refractivity (Wildman–Crippen MR) is 69.8 cm³/mol. The molecule has 1 rings (SSSR count). The minimum absolute atomic E-state index is 0.0138. The molecular weight excluding hydrogens is 236 g/mol. The standard InChI is InChI=1S/C11H18N4O3/c1-3-12-10-4-9(15(17)18)5-11(14-10)13-6-8(2)7-16/h4-5,8,16H,3,6-7H2,1-2H3,(H2,12,13,14). The van der Waals surface area contributed by atoms with Crippen molar-refractivity contribution in [1.29, 1.82) is 0 Å². The van der Waals surface area contributed by atoms with Gasteiger partial charge in [-0.25, -0.2) is 4.98 Å². The van der Waals surface area contributed by atoms with E-state index in [1.165, 1.54) is 12.1 Å².